The molecule has 0 aromatic heterocycles. The second-order valence-electron chi connectivity index (χ2n) is 5.62. The monoisotopic (exact) mass is 388 g/mol. The summed E-state index contributed by atoms with van der Waals surface area (Å²) in [5, 5.41) is 18.1. The summed E-state index contributed by atoms with van der Waals surface area (Å²) in [4.78, 5) is 0. The van der Waals surface area contributed by atoms with Crippen LogP contribution in [0.3, 0.4) is 0 Å². The summed E-state index contributed by atoms with van der Waals surface area (Å²) in [6.07, 6.45) is 3.11. The summed E-state index contributed by atoms with van der Waals surface area (Å²) >= 11 is 0. The van der Waals surface area contributed by atoms with E-state index in [1.165, 1.54) is 20.4 Å². The molecule has 0 bridgehead atoms. The zero-order chi connectivity index (χ0) is 20.7. The van der Waals surface area contributed by atoms with Crippen LogP contribution in [0.25, 0.3) is 0 Å². The zero-order valence-corrected chi connectivity index (χ0v) is 16.8. The first-order valence-corrected chi connectivity index (χ1v) is 8.31. The number of nitrogens with zero attached hydrogens (tertiary/aromatic N) is 2. The van der Waals surface area contributed by atoms with E-state index in [2.05, 4.69) is 10.2 Å². The van der Waals surface area contributed by atoms with Crippen LogP contribution in [0.2, 0.25) is 0 Å². The smallest absolute Gasteiger partial charge is 0.203 e. The Morgan fingerprint density at radius 2 is 1.25 bits per heavy atom. The van der Waals surface area contributed by atoms with Gasteiger partial charge in [0.1, 0.15) is 0 Å². The first-order valence-electron chi connectivity index (χ1n) is 8.31. The van der Waals surface area contributed by atoms with Gasteiger partial charge in [0.05, 0.1) is 48.0 Å². The van der Waals surface area contributed by atoms with E-state index >= 15 is 0 Å². The molecule has 1 N–H and O–H groups in total. The average Bonchev–Trinajstić information content (AvgIpc) is 2.72. The zero-order valence-electron chi connectivity index (χ0n) is 16.8. The molecule has 2 aromatic rings. The lowest BCUT2D eigenvalue weighted by atomic mass is 10.1. The molecular weight excluding hydrogens is 364 g/mol. The van der Waals surface area contributed by atoms with Crippen LogP contribution in [0.1, 0.15) is 16.7 Å². The van der Waals surface area contributed by atoms with Gasteiger partial charge < -0.3 is 28.8 Å². The second-order valence-corrected chi connectivity index (χ2v) is 5.62. The van der Waals surface area contributed by atoms with Gasteiger partial charge >= 0.3 is 0 Å². The fourth-order valence-electron chi connectivity index (χ4n) is 2.64. The summed E-state index contributed by atoms with van der Waals surface area (Å²) < 4.78 is 26.4. The third-order valence-corrected chi connectivity index (χ3v) is 4.09. The van der Waals surface area contributed by atoms with E-state index in [9.17, 15) is 5.11 Å². The van der Waals surface area contributed by atoms with Crippen molar-refractivity contribution in [1.82, 2.24) is 0 Å². The normalized spacial score (nSPS) is 11.1. The highest BCUT2D eigenvalue weighted by Gasteiger charge is 2.17. The van der Waals surface area contributed by atoms with Crippen LogP contribution >= 0.6 is 0 Å². The molecule has 0 aliphatic carbocycles. The van der Waals surface area contributed by atoms with Crippen molar-refractivity contribution in [3.8, 4) is 34.5 Å². The van der Waals surface area contributed by atoms with Crippen molar-refractivity contribution in [2.24, 2.45) is 10.2 Å². The minimum Gasteiger partial charge on any atom is -0.502 e. The lowest BCUT2D eigenvalue weighted by Crippen LogP contribution is -2.00. The lowest BCUT2D eigenvalue weighted by Gasteiger charge is -2.15. The number of rotatable bonds is 8. The first kappa shape index (κ1) is 20.9. The number of benzene rings is 2. The Hall–Kier alpha value is -3.42. The first-order chi connectivity index (χ1) is 13.5. The van der Waals surface area contributed by atoms with Gasteiger partial charge in [-0.2, -0.15) is 10.2 Å². The van der Waals surface area contributed by atoms with E-state index in [0.717, 1.165) is 11.1 Å². The molecule has 2 aromatic carbocycles. The van der Waals surface area contributed by atoms with Crippen molar-refractivity contribution < 1.29 is 28.8 Å². The minimum absolute atomic E-state index is 0.0706. The molecule has 0 amide bonds. The molecule has 0 heterocycles. The molecule has 0 atom stereocenters. The van der Waals surface area contributed by atoms with Gasteiger partial charge in [0.2, 0.25) is 11.5 Å². The van der Waals surface area contributed by atoms with Crippen LogP contribution in [-0.4, -0.2) is 53.1 Å². The summed E-state index contributed by atoms with van der Waals surface area (Å²) in [6.45, 7) is 1.89. The Morgan fingerprint density at radius 1 is 0.714 bits per heavy atom. The van der Waals surface area contributed by atoms with Crippen molar-refractivity contribution in [2.45, 2.75) is 6.92 Å². The summed E-state index contributed by atoms with van der Waals surface area (Å²) in [5.74, 6) is 2.12. The summed E-state index contributed by atoms with van der Waals surface area (Å²) in [7, 11) is 7.59. The number of hydrogen-bond donors (Lipinski definition) is 1. The van der Waals surface area contributed by atoms with Gasteiger partial charge in [0.15, 0.2) is 23.0 Å². The Balaban J connectivity index is 2.32. The molecule has 150 valence electrons. The molecule has 8 heteroatoms. The molecule has 0 aliphatic rings. The number of ether oxygens (including phenoxy) is 5. The van der Waals surface area contributed by atoms with Gasteiger partial charge in [0.25, 0.3) is 0 Å². The SMILES string of the molecule is COc1cc(C=NN=Cc2cc(OC)c(OC)c(OC)c2C)cc(OC)c1O. The molecule has 0 spiro atoms. The number of phenols is 1. The molecule has 0 radical (unpaired) electrons. The molecule has 28 heavy (non-hydrogen) atoms. The third-order valence-electron chi connectivity index (χ3n) is 4.09. The fourth-order valence-corrected chi connectivity index (χ4v) is 2.64. The Bertz CT molecular complexity index is 868. The maximum Gasteiger partial charge on any atom is 0.203 e. The van der Waals surface area contributed by atoms with Gasteiger partial charge in [-0.3, -0.25) is 0 Å². The number of phenolic OH excluding ortho intramolecular Hbond substituents is 1. The van der Waals surface area contributed by atoms with Crippen molar-refractivity contribution in [1.29, 1.82) is 0 Å². The second kappa shape index (κ2) is 9.50. The molecular formula is C20H24N2O6. The summed E-state index contributed by atoms with van der Waals surface area (Å²) in [6, 6.07) is 5.05. The topological polar surface area (TPSA) is 91.1 Å². The quantitative estimate of drug-likeness (QED) is 0.552. The van der Waals surface area contributed by atoms with Gasteiger partial charge in [0, 0.05) is 16.7 Å². The van der Waals surface area contributed by atoms with E-state index in [1.807, 2.05) is 6.92 Å². The number of hydrogen-bond acceptors (Lipinski definition) is 8. The van der Waals surface area contributed by atoms with Crippen LogP contribution in [-0.2, 0) is 0 Å². The van der Waals surface area contributed by atoms with Crippen LogP contribution in [0.15, 0.2) is 28.4 Å². The molecule has 0 saturated carbocycles. The van der Waals surface area contributed by atoms with Crippen molar-refractivity contribution in [2.75, 3.05) is 35.5 Å². The Kier molecular flexibility index (Phi) is 7.08. The average molecular weight is 388 g/mol. The molecule has 0 unspecified atom stereocenters. The van der Waals surface area contributed by atoms with E-state index in [4.69, 9.17) is 23.7 Å². The predicted molar refractivity (Wildman–Crippen MR) is 107 cm³/mol. The lowest BCUT2D eigenvalue weighted by molar-refractivity contribution is 0.323. The Labute approximate surface area is 164 Å². The van der Waals surface area contributed by atoms with E-state index in [0.29, 0.717) is 22.8 Å². The highest BCUT2D eigenvalue weighted by atomic mass is 16.5. The molecule has 0 fully saturated rings. The van der Waals surface area contributed by atoms with Gasteiger partial charge in [-0.05, 0) is 25.1 Å². The van der Waals surface area contributed by atoms with E-state index in [1.54, 1.807) is 45.7 Å². The third kappa shape index (κ3) is 4.28. The maximum absolute atomic E-state index is 9.95. The largest absolute Gasteiger partial charge is 0.502 e. The molecule has 0 aliphatic heterocycles. The minimum atomic E-state index is -0.0706. The van der Waals surface area contributed by atoms with Crippen LogP contribution in [0.5, 0.6) is 34.5 Å². The van der Waals surface area contributed by atoms with Crippen molar-refractivity contribution >= 4 is 12.4 Å². The van der Waals surface area contributed by atoms with Crippen molar-refractivity contribution in [3.05, 3.63) is 34.9 Å². The highest BCUT2D eigenvalue weighted by Crippen LogP contribution is 2.41. The van der Waals surface area contributed by atoms with Crippen LogP contribution in [0.4, 0.5) is 0 Å². The number of methoxy groups -OCH3 is 5. The molecule has 8 nitrogen and oxygen atoms in total. The standard InChI is InChI=1S/C20H24N2O6/c1-12-14(9-17(26-4)20(28-6)19(12)27-5)11-22-21-10-13-7-15(24-2)18(23)16(8-13)25-3/h7-11,23H,1-6H3. The fraction of sp³-hybridized carbons (Fsp3) is 0.300. The van der Waals surface area contributed by atoms with E-state index in [-0.39, 0.29) is 17.2 Å². The van der Waals surface area contributed by atoms with Gasteiger partial charge in [-0.15, -0.1) is 0 Å². The van der Waals surface area contributed by atoms with Crippen LogP contribution < -0.4 is 23.7 Å². The van der Waals surface area contributed by atoms with Crippen molar-refractivity contribution in [3.63, 3.8) is 0 Å². The van der Waals surface area contributed by atoms with Gasteiger partial charge in [-0.1, -0.05) is 0 Å². The molecule has 2 rings (SSSR count). The number of aromatic hydroxyl groups is 1. The Morgan fingerprint density at radius 3 is 1.75 bits per heavy atom. The summed E-state index contributed by atoms with van der Waals surface area (Å²) in [5.41, 5.74) is 2.27. The predicted octanol–water partition coefficient (Wildman–Crippen LogP) is 3.20. The van der Waals surface area contributed by atoms with Crippen LogP contribution in [0, 0.1) is 6.92 Å². The van der Waals surface area contributed by atoms with Gasteiger partial charge in [-0.25, -0.2) is 0 Å². The maximum atomic E-state index is 9.95. The van der Waals surface area contributed by atoms with E-state index < -0.39 is 0 Å². The highest BCUT2D eigenvalue weighted by molar-refractivity contribution is 5.87. The molecule has 0 saturated heterocycles.